The fourth-order valence-electron chi connectivity index (χ4n) is 2.55. The largest absolute Gasteiger partial charge is 0.336 e. The van der Waals surface area contributed by atoms with Crippen molar-refractivity contribution in [3.8, 4) is 0 Å². The van der Waals surface area contributed by atoms with Crippen molar-refractivity contribution in [2.24, 2.45) is 0 Å². The molecule has 0 aliphatic heterocycles. The van der Waals surface area contributed by atoms with E-state index >= 15 is 0 Å². The molecule has 2 rings (SSSR count). The van der Waals surface area contributed by atoms with Gasteiger partial charge in [-0.25, -0.2) is 4.79 Å². The number of nitrogens with one attached hydrogen (secondary N) is 2. The van der Waals surface area contributed by atoms with Crippen molar-refractivity contribution in [3.63, 3.8) is 0 Å². The predicted octanol–water partition coefficient (Wildman–Crippen LogP) is 4.26. The molecular formula is C19H24N2O. The molecule has 0 bridgehead atoms. The third-order valence-corrected chi connectivity index (χ3v) is 3.64. The smallest absolute Gasteiger partial charge is 0.315 e. The summed E-state index contributed by atoms with van der Waals surface area (Å²) in [5.41, 5.74) is 2.15. The first-order chi connectivity index (χ1) is 10.7. The van der Waals surface area contributed by atoms with Gasteiger partial charge >= 0.3 is 6.03 Å². The highest BCUT2D eigenvalue weighted by Crippen LogP contribution is 2.21. The zero-order valence-corrected chi connectivity index (χ0v) is 13.3. The molecule has 1 atom stereocenters. The fraction of sp³-hybridized carbons (Fsp3) is 0.316. The van der Waals surface area contributed by atoms with Crippen LogP contribution in [0.4, 0.5) is 4.79 Å². The topological polar surface area (TPSA) is 41.1 Å². The molecule has 0 fully saturated rings. The predicted molar refractivity (Wildman–Crippen MR) is 90.8 cm³/mol. The summed E-state index contributed by atoms with van der Waals surface area (Å²) in [6.45, 7) is 4.15. The number of carbonyl (C=O) groups excluding carboxylic acids is 1. The van der Waals surface area contributed by atoms with E-state index in [1.165, 1.54) is 0 Å². The summed E-state index contributed by atoms with van der Waals surface area (Å²) in [6.07, 6.45) is 2.04. The van der Waals surface area contributed by atoms with Crippen molar-refractivity contribution in [2.45, 2.75) is 38.8 Å². The lowest BCUT2D eigenvalue weighted by atomic mass is 9.99. The minimum atomic E-state index is -0.142. The van der Waals surface area contributed by atoms with Gasteiger partial charge in [-0.3, -0.25) is 0 Å². The SMILES string of the molecule is CCCC(C)NC(=O)NC(c1ccccc1)c1ccccc1. The maximum Gasteiger partial charge on any atom is 0.315 e. The first kappa shape index (κ1) is 16.1. The van der Waals surface area contributed by atoms with Gasteiger partial charge in [0.05, 0.1) is 6.04 Å². The highest BCUT2D eigenvalue weighted by atomic mass is 16.2. The lowest BCUT2D eigenvalue weighted by Crippen LogP contribution is -2.42. The van der Waals surface area contributed by atoms with Crippen molar-refractivity contribution >= 4 is 6.03 Å². The van der Waals surface area contributed by atoms with Crippen LogP contribution in [0.25, 0.3) is 0 Å². The lowest BCUT2D eigenvalue weighted by molar-refractivity contribution is 0.235. The molecule has 0 heterocycles. The zero-order chi connectivity index (χ0) is 15.8. The summed E-state index contributed by atoms with van der Waals surface area (Å²) in [4.78, 5) is 12.3. The minimum absolute atomic E-state index is 0.126. The van der Waals surface area contributed by atoms with Gasteiger partial charge in [0.2, 0.25) is 0 Å². The van der Waals surface area contributed by atoms with Gasteiger partial charge in [0.1, 0.15) is 0 Å². The number of hydrogen-bond donors (Lipinski definition) is 2. The van der Waals surface area contributed by atoms with E-state index in [2.05, 4.69) is 17.6 Å². The van der Waals surface area contributed by atoms with Gasteiger partial charge in [-0.2, -0.15) is 0 Å². The second-order valence-corrected chi connectivity index (χ2v) is 5.56. The third kappa shape index (κ3) is 4.62. The molecule has 0 spiro atoms. The Kier molecular flexibility index (Phi) is 6.01. The molecule has 0 saturated carbocycles. The van der Waals surface area contributed by atoms with Crippen LogP contribution in [-0.4, -0.2) is 12.1 Å². The van der Waals surface area contributed by atoms with E-state index in [0.29, 0.717) is 0 Å². The molecule has 22 heavy (non-hydrogen) atoms. The van der Waals surface area contributed by atoms with Crippen LogP contribution < -0.4 is 10.6 Å². The molecule has 2 aromatic carbocycles. The average Bonchev–Trinajstić information content (AvgIpc) is 2.54. The van der Waals surface area contributed by atoms with Crippen molar-refractivity contribution in [3.05, 3.63) is 71.8 Å². The molecule has 3 nitrogen and oxygen atoms in total. The van der Waals surface area contributed by atoms with E-state index in [0.717, 1.165) is 24.0 Å². The first-order valence-corrected chi connectivity index (χ1v) is 7.87. The number of carbonyl (C=O) groups is 1. The van der Waals surface area contributed by atoms with Crippen molar-refractivity contribution in [1.29, 1.82) is 0 Å². The van der Waals surface area contributed by atoms with Gasteiger partial charge in [-0.15, -0.1) is 0 Å². The van der Waals surface area contributed by atoms with Crippen LogP contribution >= 0.6 is 0 Å². The zero-order valence-electron chi connectivity index (χ0n) is 13.3. The van der Waals surface area contributed by atoms with Crippen molar-refractivity contribution in [2.75, 3.05) is 0 Å². The number of urea groups is 1. The Morgan fingerprint density at radius 1 is 0.909 bits per heavy atom. The molecule has 0 radical (unpaired) electrons. The van der Waals surface area contributed by atoms with Crippen LogP contribution in [0.1, 0.15) is 43.9 Å². The highest BCUT2D eigenvalue weighted by molar-refractivity contribution is 5.75. The van der Waals surface area contributed by atoms with E-state index in [9.17, 15) is 4.79 Å². The summed E-state index contributed by atoms with van der Waals surface area (Å²) >= 11 is 0. The highest BCUT2D eigenvalue weighted by Gasteiger charge is 2.17. The molecule has 116 valence electrons. The van der Waals surface area contributed by atoms with E-state index in [4.69, 9.17) is 0 Å². The van der Waals surface area contributed by atoms with Gasteiger partial charge in [0, 0.05) is 6.04 Å². The summed E-state index contributed by atoms with van der Waals surface area (Å²) in [7, 11) is 0. The quantitative estimate of drug-likeness (QED) is 0.821. The molecule has 0 saturated heterocycles. The Morgan fingerprint density at radius 3 is 1.86 bits per heavy atom. The van der Waals surface area contributed by atoms with Gasteiger partial charge < -0.3 is 10.6 Å². The second kappa shape index (κ2) is 8.23. The number of amides is 2. The molecule has 2 aromatic rings. The molecular weight excluding hydrogens is 272 g/mol. The third-order valence-electron chi connectivity index (χ3n) is 3.64. The van der Waals surface area contributed by atoms with Crippen LogP contribution in [0.5, 0.6) is 0 Å². The molecule has 3 heteroatoms. The average molecular weight is 296 g/mol. The van der Waals surface area contributed by atoms with E-state index in [-0.39, 0.29) is 18.1 Å². The van der Waals surface area contributed by atoms with E-state index in [1.807, 2.05) is 67.6 Å². The normalized spacial score (nSPS) is 12.0. The molecule has 2 N–H and O–H groups in total. The summed E-state index contributed by atoms with van der Waals surface area (Å²) in [5, 5.41) is 6.09. The molecule has 2 amide bonds. The van der Waals surface area contributed by atoms with Gasteiger partial charge in [0.15, 0.2) is 0 Å². The van der Waals surface area contributed by atoms with Gasteiger partial charge in [-0.05, 0) is 24.5 Å². The van der Waals surface area contributed by atoms with Crippen LogP contribution in [0, 0.1) is 0 Å². The molecule has 0 aromatic heterocycles. The monoisotopic (exact) mass is 296 g/mol. The van der Waals surface area contributed by atoms with Crippen molar-refractivity contribution < 1.29 is 4.79 Å². The van der Waals surface area contributed by atoms with Crippen LogP contribution in [0.2, 0.25) is 0 Å². The fourth-order valence-corrected chi connectivity index (χ4v) is 2.55. The maximum atomic E-state index is 12.3. The second-order valence-electron chi connectivity index (χ2n) is 5.56. The number of benzene rings is 2. The molecule has 0 aliphatic carbocycles. The maximum absolute atomic E-state index is 12.3. The van der Waals surface area contributed by atoms with Crippen molar-refractivity contribution in [1.82, 2.24) is 10.6 Å². The number of rotatable bonds is 6. The first-order valence-electron chi connectivity index (χ1n) is 7.87. The Labute approximate surface area is 132 Å². The van der Waals surface area contributed by atoms with Gasteiger partial charge in [0.25, 0.3) is 0 Å². The standard InChI is InChI=1S/C19H24N2O/c1-3-10-15(2)20-19(22)21-18(16-11-6-4-7-12-16)17-13-8-5-9-14-17/h4-9,11-15,18H,3,10H2,1-2H3,(H2,20,21,22). The Balaban J connectivity index is 2.14. The molecule has 0 aliphatic rings. The van der Waals surface area contributed by atoms with E-state index < -0.39 is 0 Å². The molecule has 1 unspecified atom stereocenters. The summed E-state index contributed by atoms with van der Waals surface area (Å²) < 4.78 is 0. The summed E-state index contributed by atoms with van der Waals surface area (Å²) in [6, 6.07) is 20.0. The van der Waals surface area contributed by atoms with Crippen LogP contribution in [0.3, 0.4) is 0 Å². The lowest BCUT2D eigenvalue weighted by Gasteiger charge is -2.22. The van der Waals surface area contributed by atoms with E-state index in [1.54, 1.807) is 0 Å². The van der Waals surface area contributed by atoms with Gasteiger partial charge in [-0.1, -0.05) is 74.0 Å². The Bertz CT molecular complexity index is 529. The Morgan fingerprint density at radius 2 is 1.41 bits per heavy atom. The minimum Gasteiger partial charge on any atom is -0.336 e. The Hall–Kier alpha value is -2.29. The number of hydrogen-bond acceptors (Lipinski definition) is 1. The summed E-state index contributed by atoms with van der Waals surface area (Å²) in [5.74, 6) is 0. The van der Waals surface area contributed by atoms with Crippen LogP contribution in [0.15, 0.2) is 60.7 Å². The van der Waals surface area contributed by atoms with Crippen LogP contribution in [-0.2, 0) is 0 Å².